The third kappa shape index (κ3) is 3.33. The lowest BCUT2D eigenvalue weighted by molar-refractivity contribution is -0.143. The second kappa shape index (κ2) is 7.22. The molecule has 3 heterocycles. The number of hydrogen-bond donors (Lipinski definition) is 0. The smallest absolute Gasteiger partial charge is 0.257 e. The summed E-state index contributed by atoms with van der Waals surface area (Å²) >= 11 is 0. The quantitative estimate of drug-likeness (QED) is 0.827. The fraction of sp³-hybridized carbons (Fsp3) is 0.700. The van der Waals surface area contributed by atoms with E-state index in [2.05, 4.69) is 4.90 Å². The van der Waals surface area contributed by atoms with Crippen LogP contribution in [0.3, 0.4) is 0 Å². The third-order valence-corrected chi connectivity index (χ3v) is 6.35. The SMILES string of the molecule is O=C(c1ccoc1)N1CCCC(C(=O)N2CCCC3CCCCC32)C1. The number of nitrogens with zero attached hydrogens (tertiary/aromatic N) is 2. The minimum absolute atomic E-state index is 0.0135. The summed E-state index contributed by atoms with van der Waals surface area (Å²) in [5.41, 5.74) is 0.582. The lowest BCUT2D eigenvalue weighted by atomic mass is 9.77. The fourth-order valence-corrected chi connectivity index (χ4v) is 5.06. The van der Waals surface area contributed by atoms with E-state index in [0.29, 0.717) is 30.0 Å². The number of furan rings is 1. The van der Waals surface area contributed by atoms with Gasteiger partial charge in [-0.2, -0.15) is 0 Å². The van der Waals surface area contributed by atoms with Crippen LogP contribution in [0.5, 0.6) is 0 Å². The van der Waals surface area contributed by atoms with Crippen molar-refractivity contribution in [3.63, 3.8) is 0 Å². The molecule has 0 spiro atoms. The minimum atomic E-state index is -0.0368. The monoisotopic (exact) mass is 344 g/mol. The maximum atomic E-state index is 13.2. The number of piperidine rings is 2. The van der Waals surface area contributed by atoms with E-state index in [0.717, 1.165) is 32.4 Å². The van der Waals surface area contributed by atoms with Crippen LogP contribution in [0, 0.1) is 11.8 Å². The van der Waals surface area contributed by atoms with Crippen molar-refractivity contribution in [1.29, 1.82) is 0 Å². The maximum absolute atomic E-state index is 13.2. The molecule has 3 aliphatic rings. The number of likely N-dealkylation sites (tertiary alicyclic amines) is 2. The van der Waals surface area contributed by atoms with Crippen LogP contribution in [0.1, 0.15) is 61.7 Å². The van der Waals surface area contributed by atoms with Crippen molar-refractivity contribution in [1.82, 2.24) is 9.80 Å². The number of rotatable bonds is 2. The topological polar surface area (TPSA) is 53.8 Å². The van der Waals surface area contributed by atoms with Crippen LogP contribution in [0.15, 0.2) is 23.0 Å². The van der Waals surface area contributed by atoms with E-state index in [9.17, 15) is 9.59 Å². The highest BCUT2D eigenvalue weighted by atomic mass is 16.3. The summed E-state index contributed by atoms with van der Waals surface area (Å²) in [6.07, 6.45) is 12.3. The van der Waals surface area contributed by atoms with Gasteiger partial charge in [-0.05, 0) is 50.5 Å². The first-order valence-corrected chi connectivity index (χ1v) is 9.86. The zero-order valence-corrected chi connectivity index (χ0v) is 14.9. The van der Waals surface area contributed by atoms with Crippen molar-refractivity contribution in [2.45, 2.75) is 57.4 Å². The van der Waals surface area contributed by atoms with Crippen LogP contribution in [-0.2, 0) is 4.79 Å². The molecular weight excluding hydrogens is 316 g/mol. The van der Waals surface area contributed by atoms with E-state index in [1.54, 1.807) is 6.07 Å². The first kappa shape index (κ1) is 16.7. The molecule has 3 unspecified atom stereocenters. The summed E-state index contributed by atoms with van der Waals surface area (Å²) < 4.78 is 5.03. The first-order chi connectivity index (χ1) is 12.2. The molecule has 5 nitrogen and oxygen atoms in total. The highest BCUT2D eigenvalue weighted by molar-refractivity contribution is 5.94. The van der Waals surface area contributed by atoms with Gasteiger partial charge < -0.3 is 14.2 Å². The van der Waals surface area contributed by atoms with Crippen molar-refractivity contribution >= 4 is 11.8 Å². The van der Waals surface area contributed by atoms with Crippen LogP contribution < -0.4 is 0 Å². The maximum Gasteiger partial charge on any atom is 0.257 e. The van der Waals surface area contributed by atoms with E-state index in [-0.39, 0.29) is 11.8 Å². The second-order valence-corrected chi connectivity index (χ2v) is 7.89. The molecule has 3 fully saturated rings. The first-order valence-electron chi connectivity index (χ1n) is 9.86. The van der Waals surface area contributed by atoms with Crippen LogP contribution in [0.2, 0.25) is 0 Å². The van der Waals surface area contributed by atoms with Crippen LogP contribution in [0.25, 0.3) is 0 Å². The Hall–Kier alpha value is -1.78. The summed E-state index contributed by atoms with van der Waals surface area (Å²) in [6, 6.07) is 2.15. The molecule has 4 rings (SSSR count). The molecule has 0 N–H and O–H groups in total. The Morgan fingerprint density at radius 3 is 2.64 bits per heavy atom. The Balaban J connectivity index is 1.43. The molecule has 1 aliphatic carbocycles. The molecule has 2 amide bonds. The van der Waals surface area contributed by atoms with E-state index < -0.39 is 0 Å². The van der Waals surface area contributed by atoms with Crippen molar-refractivity contribution in [2.75, 3.05) is 19.6 Å². The van der Waals surface area contributed by atoms with Gasteiger partial charge in [-0.25, -0.2) is 0 Å². The van der Waals surface area contributed by atoms with E-state index in [1.807, 2.05) is 4.90 Å². The van der Waals surface area contributed by atoms with Gasteiger partial charge in [0.2, 0.25) is 5.91 Å². The molecule has 5 heteroatoms. The largest absolute Gasteiger partial charge is 0.472 e. The third-order valence-electron chi connectivity index (χ3n) is 6.35. The molecule has 0 radical (unpaired) electrons. The van der Waals surface area contributed by atoms with Gasteiger partial charge >= 0.3 is 0 Å². The van der Waals surface area contributed by atoms with Crippen molar-refractivity contribution in [2.24, 2.45) is 11.8 Å². The number of amides is 2. The van der Waals surface area contributed by atoms with Gasteiger partial charge in [-0.1, -0.05) is 12.8 Å². The molecule has 1 saturated carbocycles. The molecule has 0 aromatic carbocycles. The van der Waals surface area contributed by atoms with Gasteiger partial charge in [0.05, 0.1) is 17.7 Å². The normalized spacial score (nSPS) is 30.0. The molecule has 25 heavy (non-hydrogen) atoms. The van der Waals surface area contributed by atoms with Crippen LogP contribution >= 0.6 is 0 Å². The lowest BCUT2D eigenvalue weighted by Gasteiger charge is -2.46. The van der Waals surface area contributed by atoms with Crippen molar-refractivity contribution < 1.29 is 14.0 Å². The van der Waals surface area contributed by atoms with Crippen molar-refractivity contribution in [3.05, 3.63) is 24.2 Å². The number of fused-ring (bicyclic) bond motifs is 1. The Labute approximate surface area is 149 Å². The van der Waals surface area contributed by atoms with Crippen molar-refractivity contribution in [3.8, 4) is 0 Å². The Bertz CT molecular complexity index is 610. The van der Waals surface area contributed by atoms with Gasteiger partial charge in [-0.15, -0.1) is 0 Å². The Kier molecular flexibility index (Phi) is 4.82. The Morgan fingerprint density at radius 2 is 1.80 bits per heavy atom. The van der Waals surface area contributed by atoms with Gasteiger partial charge in [-0.3, -0.25) is 9.59 Å². The highest BCUT2D eigenvalue weighted by Crippen LogP contribution is 2.36. The molecule has 2 aliphatic heterocycles. The standard InChI is InChI=1S/C20H28N2O3/c23-19(17-9-12-25-14-17)21-10-3-7-16(13-21)20(24)22-11-4-6-15-5-1-2-8-18(15)22/h9,12,14-16,18H,1-8,10-11,13H2. The average molecular weight is 344 g/mol. The number of carbonyl (C=O) groups excluding carboxylic acids is 2. The van der Waals surface area contributed by atoms with E-state index >= 15 is 0 Å². The van der Waals surface area contributed by atoms with Gasteiger partial charge in [0.1, 0.15) is 6.26 Å². The summed E-state index contributed by atoms with van der Waals surface area (Å²) in [5, 5.41) is 0. The molecule has 136 valence electrons. The molecule has 1 aromatic heterocycles. The molecule has 3 atom stereocenters. The zero-order valence-electron chi connectivity index (χ0n) is 14.9. The summed E-state index contributed by atoms with van der Waals surface area (Å²) in [4.78, 5) is 29.8. The summed E-state index contributed by atoms with van der Waals surface area (Å²) in [7, 11) is 0. The Morgan fingerprint density at radius 1 is 1.00 bits per heavy atom. The summed E-state index contributed by atoms with van der Waals surface area (Å²) in [5.74, 6) is 0.950. The number of carbonyl (C=O) groups is 2. The van der Waals surface area contributed by atoms with E-state index in [1.165, 1.54) is 44.6 Å². The zero-order chi connectivity index (χ0) is 17.2. The van der Waals surface area contributed by atoms with E-state index in [4.69, 9.17) is 4.42 Å². The van der Waals surface area contributed by atoms with Crippen LogP contribution in [0.4, 0.5) is 0 Å². The van der Waals surface area contributed by atoms with Gasteiger partial charge in [0.25, 0.3) is 5.91 Å². The molecule has 0 bridgehead atoms. The molecule has 1 aromatic rings. The lowest BCUT2D eigenvalue weighted by Crippen LogP contribution is -2.54. The van der Waals surface area contributed by atoms with Crippen LogP contribution in [-0.4, -0.2) is 47.3 Å². The second-order valence-electron chi connectivity index (χ2n) is 7.89. The molecular formula is C20H28N2O3. The fourth-order valence-electron chi connectivity index (χ4n) is 5.06. The molecule has 2 saturated heterocycles. The minimum Gasteiger partial charge on any atom is -0.472 e. The predicted molar refractivity (Wildman–Crippen MR) is 94.0 cm³/mol. The predicted octanol–water partition coefficient (Wildman–Crippen LogP) is 3.31. The number of hydrogen-bond acceptors (Lipinski definition) is 3. The van der Waals surface area contributed by atoms with Gasteiger partial charge in [0, 0.05) is 25.7 Å². The average Bonchev–Trinajstić information content (AvgIpc) is 3.21. The summed E-state index contributed by atoms with van der Waals surface area (Å²) in [6.45, 7) is 2.20. The van der Waals surface area contributed by atoms with Gasteiger partial charge in [0.15, 0.2) is 0 Å². The highest BCUT2D eigenvalue weighted by Gasteiger charge is 2.39.